The molecule has 0 N–H and O–H groups in total. The Morgan fingerprint density at radius 3 is 1.68 bits per heavy atom. The molecule has 0 saturated carbocycles. The molecular weight excluding hydrogens is 420 g/mol. The lowest BCUT2D eigenvalue weighted by Gasteiger charge is -2.33. The quantitative estimate of drug-likeness (QED) is 0.0925. The van der Waals surface area contributed by atoms with Gasteiger partial charge < -0.3 is 14.6 Å². The third-order valence-corrected chi connectivity index (χ3v) is 7.01. The molecule has 4 heteroatoms. The van der Waals surface area contributed by atoms with Crippen LogP contribution in [0.4, 0.5) is 0 Å². The zero-order valence-corrected chi connectivity index (χ0v) is 23.6. The average molecular weight is 481 g/mol. The van der Waals surface area contributed by atoms with Crippen molar-refractivity contribution in [3.63, 3.8) is 0 Å². The summed E-state index contributed by atoms with van der Waals surface area (Å²) in [5, 5.41) is 0. The first-order chi connectivity index (χ1) is 16.6. The third-order valence-electron chi connectivity index (χ3n) is 7.01. The summed E-state index contributed by atoms with van der Waals surface area (Å²) in [5.74, 6) is 0.372. The number of amides is 1. The lowest BCUT2D eigenvalue weighted by Crippen LogP contribution is -2.41. The van der Waals surface area contributed by atoms with Gasteiger partial charge in [-0.05, 0) is 52.7 Å². The van der Waals surface area contributed by atoms with Crippen molar-refractivity contribution in [2.75, 3.05) is 27.2 Å². The normalized spacial score (nSPS) is 12.3. The number of nitrogens with zero attached hydrogens (tertiary/aromatic N) is 2. The number of hydrogen-bond donors (Lipinski definition) is 0. The summed E-state index contributed by atoms with van der Waals surface area (Å²) in [7, 11) is 4.17. The highest BCUT2D eigenvalue weighted by molar-refractivity contribution is 5.76. The highest BCUT2D eigenvalue weighted by Crippen LogP contribution is 2.21. The molecule has 1 amide bonds. The lowest BCUT2D eigenvalue weighted by molar-refractivity contribution is -0.134. The Labute approximate surface area is 213 Å². The first kappa shape index (κ1) is 33.1. The Hall–Kier alpha value is -0.900. The van der Waals surface area contributed by atoms with Crippen LogP contribution in [0, 0.1) is 0 Å². The minimum atomic E-state index is 0.372. The molecule has 0 saturated heterocycles. The van der Waals surface area contributed by atoms with Crippen LogP contribution in [0.25, 0.3) is 0 Å². The Morgan fingerprint density at radius 2 is 1.15 bits per heavy atom. The van der Waals surface area contributed by atoms with Crippen molar-refractivity contribution in [2.45, 2.75) is 155 Å². The highest BCUT2D eigenvalue weighted by Gasteiger charge is 2.22. The van der Waals surface area contributed by atoms with Gasteiger partial charge in [0.25, 0.3) is 0 Å². The molecule has 0 aliphatic carbocycles. The van der Waals surface area contributed by atoms with E-state index in [1.165, 1.54) is 77.0 Å². The van der Waals surface area contributed by atoms with Crippen molar-refractivity contribution in [1.29, 1.82) is 0 Å². The molecule has 0 aliphatic heterocycles. The van der Waals surface area contributed by atoms with E-state index in [2.05, 4.69) is 37.7 Å². The van der Waals surface area contributed by atoms with E-state index in [0.29, 0.717) is 24.8 Å². The first-order valence-corrected chi connectivity index (χ1v) is 14.9. The van der Waals surface area contributed by atoms with Crippen molar-refractivity contribution in [1.82, 2.24) is 9.80 Å². The maximum absolute atomic E-state index is 13.3. The smallest absolute Gasteiger partial charge is 0.222 e. The standard InChI is InChI=1S/C30H60N2O2/c1-5-7-9-11-13-14-18-23-29(24-19-15-17-21-28-33)32(27-20-16-12-10-8-6-2)30(34)25-22-26-31(3)4/h28-29H,5-27H2,1-4H3. The van der Waals surface area contributed by atoms with Gasteiger partial charge in [0, 0.05) is 25.4 Å². The van der Waals surface area contributed by atoms with E-state index < -0.39 is 0 Å². The van der Waals surface area contributed by atoms with Crippen LogP contribution >= 0.6 is 0 Å². The van der Waals surface area contributed by atoms with Crippen molar-refractivity contribution < 1.29 is 9.59 Å². The molecule has 202 valence electrons. The molecule has 1 unspecified atom stereocenters. The van der Waals surface area contributed by atoms with Gasteiger partial charge in [-0.1, -0.05) is 104 Å². The molecule has 0 heterocycles. The Bertz CT molecular complexity index is 453. The maximum atomic E-state index is 13.3. The van der Waals surface area contributed by atoms with E-state index >= 15 is 0 Å². The van der Waals surface area contributed by atoms with Crippen LogP contribution < -0.4 is 0 Å². The van der Waals surface area contributed by atoms with E-state index in [0.717, 1.165) is 64.3 Å². The fourth-order valence-electron chi connectivity index (χ4n) is 4.84. The molecule has 0 radical (unpaired) electrons. The van der Waals surface area contributed by atoms with E-state index in [-0.39, 0.29) is 0 Å². The van der Waals surface area contributed by atoms with Gasteiger partial charge >= 0.3 is 0 Å². The zero-order chi connectivity index (χ0) is 25.3. The van der Waals surface area contributed by atoms with Crippen LogP contribution in [-0.2, 0) is 9.59 Å². The Kier molecular flexibility index (Phi) is 24.5. The van der Waals surface area contributed by atoms with Crippen molar-refractivity contribution in [3.8, 4) is 0 Å². The predicted octanol–water partition coefficient (Wildman–Crippen LogP) is 8.18. The average Bonchev–Trinajstić information content (AvgIpc) is 2.81. The summed E-state index contributed by atoms with van der Waals surface area (Å²) < 4.78 is 0. The van der Waals surface area contributed by atoms with Gasteiger partial charge in [-0.25, -0.2) is 0 Å². The second-order valence-electron chi connectivity index (χ2n) is 10.6. The van der Waals surface area contributed by atoms with Crippen LogP contribution in [0.15, 0.2) is 0 Å². The summed E-state index contributed by atoms with van der Waals surface area (Å²) in [4.78, 5) is 28.5. The van der Waals surface area contributed by atoms with Crippen LogP contribution in [0.1, 0.15) is 149 Å². The molecule has 0 bridgehead atoms. The number of carbonyl (C=O) groups excluding carboxylic acids is 2. The highest BCUT2D eigenvalue weighted by atomic mass is 16.2. The molecule has 0 rings (SSSR count). The molecular formula is C30H60N2O2. The van der Waals surface area contributed by atoms with Gasteiger partial charge in [0.15, 0.2) is 0 Å². The summed E-state index contributed by atoms with van der Waals surface area (Å²) in [6, 6.07) is 0.384. The van der Waals surface area contributed by atoms with Crippen molar-refractivity contribution in [3.05, 3.63) is 0 Å². The molecule has 4 nitrogen and oxygen atoms in total. The summed E-state index contributed by atoms with van der Waals surface area (Å²) in [6.07, 6.45) is 25.7. The molecule has 1 atom stereocenters. The summed E-state index contributed by atoms with van der Waals surface area (Å²) in [5.41, 5.74) is 0. The van der Waals surface area contributed by atoms with Gasteiger partial charge in [-0.3, -0.25) is 4.79 Å². The topological polar surface area (TPSA) is 40.6 Å². The van der Waals surface area contributed by atoms with E-state index in [9.17, 15) is 9.59 Å². The first-order valence-electron chi connectivity index (χ1n) is 14.9. The molecule has 0 fully saturated rings. The Balaban J connectivity index is 4.89. The molecule has 34 heavy (non-hydrogen) atoms. The van der Waals surface area contributed by atoms with E-state index in [1.54, 1.807) is 0 Å². The molecule has 0 aromatic rings. The molecule has 0 spiro atoms. The maximum Gasteiger partial charge on any atom is 0.222 e. The predicted molar refractivity (Wildman–Crippen MR) is 148 cm³/mol. The summed E-state index contributed by atoms with van der Waals surface area (Å²) >= 11 is 0. The largest absolute Gasteiger partial charge is 0.340 e. The Morgan fingerprint density at radius 1 is 0.647 bits per heavy atom. The van der Waals surface area contributed by atoms with Crippen LogP contribution in [-0.4, -0.2) is 55.2 Å². The second kappa shape index (κ2) is 25.2. The minimum absolute atomic E-state index is 0.372. The van der Waals surface area contributed by atoms with E-state index in [1.807, 2.05) is 0 Å². The fourth-order valence-corrected chi connectivity index (χ4v) is 4.84. The zero-order valence-electron chi connectivity index (χ0n) is 23.6. The number of unbranched alkanes of at least 4 members (excludes halogenated alkanes) is 14. The van der Waals surface area contributed by atoms with Gasteiger partial charge in [0.05, 0.1) is 0 Å². The number of carbonyl (C=O) groups is 2. The number of aldehydes is 1. The second-order valence-corrected chi connectivity index (χ2v) is 10.6. The minimum Gasteiger partial charge on any atom is -0.340 e. The van der Waals surface area contributed by atoms with Gasteiger partial charge in [-0.2, -0.15) is 0 Å². The number of rotatable bonds is 26. The number of hydrogen-bond acceptors (Lipinski definition) is 3. The van der Waals surface area contributed by atoms with Gasteiger partial charge in [0.1, 0.15) is 6.29 Å². The molecule has 0 aromatic heterocycles. The molecule has 0 aromatic carbocycles. The van der Waals surface area contributed by atoms with E-state index in [4.69, 9.17) is 0 Å². The monoisotopic (exact) mass is 480 g/mol. The SMILES string of the molecule is CCCCCCCCCC(CCCCCC=O)N(CCCCCCCC)C(=O)CCCN(C)C. The van der Waals surface area contributed by atoms with Gasteiger partial charge in [-0.15, -0.1) is 0 Å². The molecule has 0 aliphatic rings. The lowest BCUT2D eigenvalue weighted by atomic mass is 9.98. The third kappa shape index (κ3) is 20.5. The van der Waals surface area contributed by atoms with Crippen molar-refractivity contribution in [2.24, 2.45) is 0 Å². The van der Waals surface area contributed by atoms with Crippen LogP contribution in [0.3, 0.4) is 0 Å². The van der Waals surface area contributed by atoms with Crippen LogP contribution in [0.2, 0.25) is 0 Å². The van der Waals surface area contributed by atoms with Gasteiger partial charge in [0.2, 0.25) is 5.91 Å². The van der Waals surface area contributed by atoms with Crippen LogP contribution in [0.5, 0.6) is 0 Å². The fraction of sp³-hybridized carbons (Fsp3) is 0.933. The summed E-state index contributed by atoms with van der Waals surface area (Å²) in [6.45, 7) is 6.44. The van der Waals surface area contributed by atoms with Crippen molar-refractivity contribution >= 4 is 12.2 Å².